The summed E-state index contributed by atoms with van der Waals surface area (Å²) in [5.41, 5.74) is 0. The third-order valence-electron chi connectivity index (χ3n) is 8.07. The minimum absolute atomic E-state index is 0.0696. The van der Waals surface area contributed by atoms with E-state index in [1.807, 2.05) is 0 Å². The van der Waals surface area contributed by atoms with E-state index in [4.69, 9.17) is 0 Å². The normalized spacial score (nSPS) is 21.2. The first-order valence-electron chi connectivity index (χ1n) is 14.2. The van der Waals surface area contributed by atoms with Gasteiger partial charge in [0.1, 0.15) is 0 Å². The summed E-state index contributed by atoms with van der Waals surface area (Å²) in [5.74, 6) is 1.75. The topological polar surface area (TPSA) is 58.2 Å². The third-order valence-corrected chi connectivity index (χ3v) is 8.07. The molecule has 0 bridgehead atoms. The van der Waals surface area contributed by atoms with Crippen LogP contribution in [0.5, 0.6) is 0 Å². The molecule has 0 heterocycles. The Kier molecular flexibility index (Phi) is 14.2. The van der Waals surface area contributed by atoms with Crippen molar-refractivity contribution in [3.8, 4) is 0 Å². The summed E-state index contributed by atoms with van der Waals surface area (Å²) >= 11 is 0. The summed E-state index contributed by atoms with van der Waals surface area (Å²) in [5, 5.41) is 6.57. The molecule has 0 aromatic heterocycles. The van der Waals surface area contributed by atoms with Gasteiger partial charge in [0.2, 0.25) is 20.6 Å². The Morgan fingerprint density at radius 1 is 0.750 bits per heavy atom. The highest BCUT2D eigenvalue weighted by atomic mass is 16.2. The molecule has 2 amide bonds. The van der Waals surface area contributed by atoms with Crippen molar-refractivity contribution < 1.29 is 9.59 Å². The lowest BCUT2D eigenvalue weighted by Crippen LogP contribution is -2.39. The van der Waals surface area contributed by atoms with Gasteiger partial charge in [0.05, 0.1) is 0 Å². The molecule has 6 heteroatoms. The molecule has 0 aromatic rings. The molecule has 4 nitrogen and oxygen atoms in total. The Labute approximate surface area is 199 Å². The van der Waals surface area contributed by atoms with Gasteiger partial charge in [0.15, 0.2) is 5.81 Å². The van der Waals surface area contributed by atoms with Crippen LogP contribution >= 0.6 is 0 Å². The minimum Gasteiger partial charge on any atom is -0.402 e. The molecule has 0 radical (unpaired) electrons. The number of hydrogen-bond donors (Lipinski definition) is 2. The van der Waals surface area contributed by atoms with Gasteiger partial charge in [-0.2, -0.15) is 0 Å². The van der Waals surface area contributed by atoms with E-state index in [9.17, 15) is 9.59 Å². The predicted octanol–water partition coefficient (Wildman–Crippen LogP) is 6.25. The van der Waals surface area contributed by atoms with Crippen LogP contribution in [0.25, 0.3) is 0 Å². The van der Waals surface area contributed by atoms with Gasteiger partial charge in [-0.15, -0.1) is 0 Å². The van der Waals surface area contributed by atoms with E-state index < -0.39 is 0 Å². The van der Waals surface area contributed by atoms with E-state index in [1.54, 1.807) is 0 Å². The zero-order valence-corrected chi connectivity index (χ0v) is 21.3. The van der Waals surface area contributed by atoms with Crippen LogP contribution in [0, 0.1) is 5.92 Å². The van der Waals surface area contributed by atoms with Crippen LogP contribution in [0.4, 0.5) is 4.79 Å². The molecule has 0 spiro atoms. The Hall–Kier alpha value is -0.930. The second kappa shape index (κ2) is 16.6. The maximum absolute atomic E-state index is 12.8. The number of carbonyl (C=O) groups is 2. The second-order valence-electron chi connectivity index (χ2n) is 10.7. The average Bonchev–Trinajstić information content (AvgIpc) is 2.74. The molecule has 2 unspecified atom stereocenters. The van der Waals surface area contributed by atoms with Gasteiger partial charge >= 0.3 is 0 Å². The van der Waals surface area contributed by atoms with Gasteiger partial charge in [-0.1, -0.05) is 110 Å². The Morgan fingerprint density at radius 3 is 1.81 bits per heavy atom. The molecule has 0 saturated heterocycles. The molecule has 2 rings (SSSR count). The zero-order valence-electron chi connectivity index (χ0n) is 21.3. The summed E-state index contributed by atoms with van der Waals surface area (Å²) in [6.45, 7) is 4.27. The number of nitrogens with one attached hydrogen (secondary N) is 2. The van der Waals surface area contributed by atoms with Crippen molar-refractivity contribution in [2.75, 3.05) is 0 Å². The molecule has 0 aliphatic heterocycles. The van der Waals surface area contributed by atoms with Crippen LogP contribution in [0.2, 0.25) is 11.6 Å². The van der Waals surface area contributed by atoms with Crippen LogP contribution < -0.4 is 10.5 Å². The first-order valence-corrected chi connectivity index (χ1v) is 14.2. The van der Waals surface area contributed by atoms with Crippen molar-refractivity contribution in [3.63, 3.8) is 0 Å². The number of carbonyl (C=O) groups excluding carboxylic acids is 2. The van der Waals surface area contributed by atoms with Crippen molar-refractivity contribution in [3.05, 3.63) is 0 Å². The smallest absolute Gasteiger partial charge is 0.239 e. The first-order chi connectivity index (χ1) is 15.6. The van der Waals surface area contributed by atoms with Crippen LogP contribution in [0.15, 0.2) is 0 Å². The standard InChI is InChI=1S/C26H50B2N2O2/c1-3-21(25(31)30-28-23-17-13-9-6-10-14-18-23)19-20-24(4-2)29-26(32)27-22-15-11-7-5-8-12-16-22/h21-24,27-28H,3-20H2,1-2H3,(H,29,32)(H,30,31). The molecule has 32 heavy (non-hydrogen) atoms. The molecule has 2 aliphatic carbocycles. The Morgan fingerprint density at radius 2 is 1.28 bits per heavy atom. The fourth-order valence-electron chi connectivity index (χ4n) is 5.73. The van der Waals surface area contributed by atoms with Crippen molar-refractivity contribution in [1.29, 1.82) is 0 Å². The molecule has 2 atom stereocenters. The molecule has 182 valence electrons. The van der Waals surface area contributed by atoms with Gasteiger partial charge in [-0.25, -0.2) is 0 Å². The minimum atomic E-state index is 0.0696. The van der Waals surface area contributed by atoms with Gasteiger partial charge in [0, 0.05) is 12.0 Å². The lowest BCUT2D eigenvalue weighted by Gasteiger charge is -2.23. The molecule has 2 N–H and O–H groups in total. The van der Waals surface area contributed by atoms with Crippen molar-refractivity contribution in [2.24, 2.45) is 5.92 Å². The largest absolute Gasteiger partial charge is 0.402 e. The Balaban J connectivity index is 1.70. The maximum Gasteiger partial charge on any atom is 0.239 e. The molecule has 0 aromatic carbocycles. The summed E-state index contributed by atoms with van der Waals surface area (Å²) < 4.78 is 0. The highest BCUT2D eigenvalue weighted by Gasteiger charge is 2.23. The quantitative estimate of drug-likeness (QED) is 0.370. The SMILES string of the molecule is CCC(CCC(CC)C(=O)NBC1CCCCCCC1)NC(=O)BC1CCCCCCC1. The fourth-order valence-corrected chi connectivity index (χ4v) is 5.73. The van der Waals surface area contributed by atoms with Crippen LogP contribution in [-0.4, -0.2) is 32.4 Å². The highest BCUT2D eigenvalue weighted by molar-refractivity contribution is 6.74. The van der Waals surface area contributed by atoms with Gasteiger partial charge in [0.25, 0.3) is 0 Å². The van der Waals surface area contributed by atoms with Crippen molar-refractivity contribution >= 4 is 26.4 Å². The van der Waals surface area contributed by atoms with E-state index in [-0.39, 0.29) is 23.7 Å². The number of hydrogen-bond acceptors (Lipinski definition) is 2. The van der Waals surface area contributed by atoms with E-state index in [1.165, 1.54) is 89.9 Å². The first kappa shape index (κ1) is 27.3. The average molecular weight is 444 g/mol. The van der Waals surface area contributed by atoms with Gasteiger partial charge in [-0.3, -0.25) is 9.59 Å². The lowest BCUT2D eigenvalue weighted by molar-refractivity contribution is -0.123. The van der Waals surface area contributed by atoms with Crippen LogP contribution in [-0.2, 0) is 4.79 Å². The summed E-state index contributed by atoms with van der Waals surface area (Å²) in [4.78, 5) is 25.5. The van der Waals surface area contributed by atoms with E-state index in [0.717, 1.165) is 33.1 Å². The third kappa shape index (κ3) is 11.3. The molecular formula is C26H50B2N2O2. The van der Waals surface area contributed by atoms with E-state index in [2.05, 4.69) is 24.4 Å². The molecule has 2 aliphatic rings. The monoisotopic (exact) mass is 444 g/mol. The molecule has 2 fully saturated rings. The number of rotatable bonds is 11. The summed E-state index contributed by atoms with van der Waals surface area (Å²) in [7, 11) is 1.54. The predicted molar refractivity (Wildman–Crippen MR) is 140 cm³/mol. The molecular weight excluding hydrogens is 394 g/mol. The highest BCUT2D eigenvalue weighted by Crippen LogP contribution is 2.27. The summed E-state index contributed by atoms with van der Waals surface area (Å²) in [6, 6.07) is 0.198. The summed E-state index contributed by atoms with van der Waals surface area (Å²) in [6.07, 6.45) is 21.9. The van der Waals surface area contributed by atoms with Crippen LogP contribution in [0.1, 0.15) is 129 Å². The van der Waals surface area contributed by atoms with Crippen molar-refractivity contribution in [1.82, 2.24) is 10.5 Å². The van der Waals surface area contributed by atoms with Gasteiger partial charge in [-0.05, 0) is 31.5 Å². The zero-order chi connectivity index (χ0) is 23.0. The fraction of sp³-hybridized carbons (Fsp3) is 0.923. The second-order valence-corrected chi connectivity index (χ2v) is 10.7. The molecule has 2 saturated carbocycles. The number of amides is 2. The lowest BCUT2D eigenvalue weighted by atomic mass is 9.59. The maximum atomic E-state index is 12.8. The van der Waals surface area contributed by atoms with E-state index >= 15 is 0 Å². The van der Waals surface area contributed by atoms with Gasteiger partial charge < -0.3 is 10.5 Å². The Bertz CT molecular complexity index is 516. The van der Waals surface area contributed by atoms with Crippen LogP contribution in [0.3, 0.4) is 0 Å². The van der Waals surface area contributed by atoms with Crippen molar-refractivity contribution in [2.45, 2.75) is 147 Å². The van der Waals surface area contributed by atoms with E-state index in [0.29, 0.717) is 18.9 Å².